The van der Waals surface area contributed by atoms with Crippen molar-refractivity contribution < 1.29 is 4.52 Å². The first-order valence-electron chi connectivity index (χ1n) is 5.85. The van der Waals surface area contributed by atoms with Crippen molar-refractivity contribution >= 4 is 5.82 Å². The Morgan fingerprint density at radius 1 is 1.45 bits per heavy atom. The molecule has 0 bridgehead atoms. The summed E-state index contributed by atoms with van der Waals surface area (Å²) in [6, 6.07) is 3.55. The van der Waals surface area contributed by atoms with E-state index in [-0.39, 0.29) is 5.69 Å². The summed E-state index contributed by atoms with van der Waals surface area (Å²) in [5, 5.41) is 12.9. The molecule has 0 saturated carbocycles. The number of H-pyrrole nitrogens is 2. The highest BCUT2D eigenvalue weighted by atomic mass is 16.5. The molecule has 0 unspecified atom stereocenters. The predicted molar refractivity (Wildman–Crippen MR) is 68.8 cm³/mol. The van der Waals surface area contributed by atoms with E-state index in [0.29, 0.717) is 29.9 Å². The minimum absolute atomic E-state index is 0.343. The van der Waals surface area contributed by atoms with Crippen LogP contribution in [0.4, 0.5) is 5.82 Å². The molecule has 3 rings (SSSR count). The van der Waals surface area contributed by atoms with Crippen molar-refractivity contribution in [1.29, 1.82) is 0 Å². The summed E-state index contributed by atoms with van der Waals surface area (Å²) < 4.78 is 5.09. The lowest BCUT2D eigenvalue weighted by molar-refractivity contribution is 0.425. The number of nitrogens with zero attached hydrogens (tertiary/aromatic N) is 4. The topological polar surface area (TPSA) is 125 Å². The summed E-state index contributed by atoms with van der Waals surface area (Å²) in [6.45, 7) is 2.10. The number of aryl methyl sites for hydroxylation is 1. The maximum atomic E-state index is 10.9. The molecule has 0 fully saturated rings. The van der Waals surface area contributed by atoms with Crippen LogP contribution in [0.2, 0.25) is 0 Å². The molecule has 0 radical (unpaired) electrons. The molecule has 0 amide bonds. The Bertz CT molecular complexity index is 773. The molecule has 20 heavy (non-hydrogen) atoms. The maximum absolute atomic E-state index is 10.9. The van der Waals surface area contributed by atoms with Gasteiger partial charge in [-0.1, -0.05) is 5.16 Å². The average molecular weight is 273 g/mol. The maximum Gasteiger partial charge on any atom is 0.340 e. The second-order valence-corrected chi connectivity index (χ2v) is 4.05. The van der Waals surface area contributed by atoms with E-state index in [1.807, 2.05) is 0 Å². The molecular weight excluding hydrogens is 262 g/mol. The van der Waals surface area contributed by atoms with Gasteiger partial charge in [0.15, 0.2) is 5.82 Å². The molecule has 102 valence electrons. The Morgan fingerprint density at radius 2 is 2.35 bits per heavy atom. The first kappa shape index (κ1) is 12.1. The second kappa shape index (κ2) is 4.96. The lowest BCUT2D eigenvalue weighted by atomic mass is 10.2. The first-order valence-corrected chi connectivity index (χ1v) is 5.85. The van der Waals surface area contributed by atoms with Gasteiger partial charge >= 0.3 is 5.69 Å². The lowest BCUT2D eigenvalue weighted by Crippen LogP contribution is -2.05. The number of pyridine rings is 1. The summed E-state index contributed by atoms with van der Waals surface area (Å²) in [5.74, 6) is 2.11. The highest BCUT2D eigenvalue weighted by molar-refractivity contribution is 5.57. The van der Waals surface area contributed by atoms with Crippen LogP contribution in [0, 0.1) is 6.92 Å². The summed E-state index contributed by atoms with van der Waals surface area (Å²) in [6.07, 6.45) is 1.63. The predicted octanol–water partition coefficient (Wildman–Crippen LogP) is 0.464. The molecule has 3 heterocycles. The summed E-state index contributed by atoms with van der Waals surface area (Å²) >= 11 is 0. The van der Waals surface area contributed by atoms with Gasteiger partial charge in [-0.3, -0.25) is 4.98 Å². The van der Waals surface area contributed by atoms with Crippen molar-refractivity contribution in [3.8, 4) is 11.5 Å². The number of aromatic amines is 2. The van der Waals surface area contributed by atoms with E-state index in [0.717, 1.165) is 5.56 Å². The molecular formula is C11H11N7O2. The van der Waals surface area contributed by atoms with Crippen molar-refractivity contribution in [1.82, 2.24) is 30.3 Å². The van der Waals surface area contributed by atoms with Crippen LogP contribution in [0.1, 0.15) is 11.6 Å². The monoisotopic (exact) mass is 273 g/mol. The molecule has 0 atom stereocenters. The first-order chi connectivity index (χ1) is 9.70. The zero-order chi connectivity index (χ0) is 13.9. The number of nitrogens with one attached hydrogen (secondary N) is 3. The highest BCUT2D eigenvalue weighted by Crippen LogP contribution is 2.19. The van der Waals surface area contributed by atoms with Gasteiger partial charge in [0.05, 0.1) is 6.54 Å². The standard InChI is InChI=1S/C11H11N7O2/c1-6-14-10(20-18-6)7-2-3-12-8(4-7)13-5-9-15-11(19)17-16-9/h2-4H,5H2,1H3,(H,12,13)(H2,15,16,17,19). The Balaban J connectivity index is 1.76. The number of anilines is 1. The molecule has 3 aromatic rings. The third-order valence-electron chi connectivity index (χ3n) is 2.52. The van der Waals surface area contributed by atoms with Crippen LogP contribution in [0.3, 0.4) is 0 Å². The Labute approximate surface area is 112 Å². The SMILES string of the molecule is Cc1noc(-c2ccnc(NCc3n[nH]c(=O)[nH]3)c2)n1. The molecule has 0 saturated heterocycles. The number of aromatic nitrogens is 6. The fraction of sp³-hybridized carbons (Fsp3) is 0.182. The van der Waals surface area contributed by atoms with Gasteiger partial charge < -0.3 is 9.84 Å². The van der Waals surface area contributed by atoms with Gasteiger partial charge in [0.2, 0.25) is 0 Å². The minimum atomic E-state index is -0.343. The van der Waals surface area contributed by atoms with E-state index in [1.54, 1.807) is 25.3 Å². The van der Waals surface area contributed by atoms with Crippen LogP contribution < -0.4 is 11.0 Å². The van der Waals surface area contributed by atoms with Crippen molar-refractivity contribution in [2.75, 3.05) is 5.32 Å². The van der Waals surface area contributed by atoms with Gasteiger partial charge in [0.1, 0.15) is 11.6 Å². The van der Waals surface area contributed by atoms with E-state index in [2.05, 4.69) is 35.6 Å². The quantitative estimate of drug-likeness (QED) is 0.630. The van der Waals surface area contributed by atoms with E-state index < -0.39 is 0 Å². The minimum Gasteiger partial charge on any atom is -0.363 e. The van der Waals surface area contributed by atoms with Crippen LogP contribution in [0.5, 0.6) is 0 Å². The van der Waals surface area contributed by atoms with Crippen LogP contribution >= 0.6 is 0 Å². The number of rotatable bonds is 4. The summed E-state index contributed by atoms with van der Waals surface area (Å²) in [5.41, 5.74) is 0.420. The van der Waals surface area contributed by atoms with Crippen LogP contribution in [0.25, 0.3) is 11.5 Å². The van der Waals surface area contributed by atoms with Gasteiger partial charge in [-0.05, 0) is 19.1 Å². The van der Waals surface area contributed by atoms with Crippen LogP contribution in [-0.4, -0.2) is 30.3 Å². The zero-order valence-electron chi connectivity index (χ0n) is 10.5. The van der Waals surface area contributed by atoms with Gasteiger partial charge in [0, 0.05) is 11.8 Å². The van der Waals surface area contributed by atoms with E-state index in [9.17, 15) is 4.79 Å². The summed E-state index contributed by atoms with van der Waals surface area (Å²) in [7, 11) is 0. The number of hydrogen-bond donors (Lipinski definition) is 3. The second-order valence-electron chi connectivity index (χ2n) is 4.05. The fourth-order valence-corrected chi connectivity index (χ4v) is 1.64. The van der Waals surface area contributed by atoms with Crippen molar-refractivity contribution in [3.05, 3.63) is 40.5 Å². The Hall–Kier alpha value is -2.97. The van der Waals surface area contributed by atoms with Crippen LogP contribution in [-0.2, 0) is 6.54 Å². The van der Waals surface area contributed by atoms with Gasteiger partial charge in [0.25, 0.3) is 5.89 Å². The number of hydrogen-bond acceptors (Lipinski definition) is 7. The zero-order valence-corrected chi connectivity index (χ0v) is 10.5. The van der Waals surface area contributed by atoms with Crippen molar-refractivity contribution in [3.63, 3.8) is 0 Å². The van der Waals surface area contributed by atoms with Gasteiger partial charge in [-0.25, -0.2) is 14.9 Å². The molecule has 3 N–H and O–H groups in total. The molecule has 0 aliphatic carbocycles. The lowest BCUT2D eigenvalue weighted by Gasteiger charge is -2.03. The third kappa shape index (κ3) is 2.55. The fourth-order valence-electron chi connectivity index (χ4n) is 1.64. The van der Waals surface area contributed by atoms with E-state index in [1.165, 1.54) is 0 Å². The molecule has 0 spiro atoms. The third-order valence-corrected chi connectivity index (χ3v) is 2.52. The molecule has 9 heteroatoms. The highest BCUT2D eigenvalue weighted by Gasteiger charge is 2.07. The normalized spacial score (nSPS) is 10.7. The molecule has 0 aliphatic heterocycles. The Morgan fingerprint density at radius 3 is 3.05 bits per heavy atom. The largest absolute Gasteiger partial charge is 0.363 e. The van der Waals surface area contributed by atoms with Gasteiger partial charge in [-0.2, -0.15) is 10.1 Å². The summed E-state index contributed by atoms with van der Waals surface area (Å²) in [4.78, 5) is 21.7. The molecule has 3 aromatic heterocycles. The average Bonchev–Trinajstić information content (AvgIpc) is 3.06. The van der Waals surface area contributed by atoms with E-state index in [4.69, 9.17) is 4.52 Å². The van der Waals surface area contributed by atoms with Crippen molar-refractivity contribution in [2.24, 2.45) is 0 Å². The smallest absolute Gasteiger partial charge is 0.340 e. The molecule has 9 nitrogen and oxygen atoms in total. The van der Waals surface area contributed by atoms with Gasteiger partial charge in [-0.15, -0.1) is 0 Å². The molecule has 0 aromatic carbocycles. The Kier molecular flexibility index (Phi) is 2.99. The van der Waals surface area contributed by atoms with Crippen LogP contribution in [0.15, 0.2) is 27.6 Å². The molecule has 0 aliphatic rings. The van der Waals surface area contributed by atoms with E-state index >= 15 is 0 Å². The van der Waals surface area contributed by atoms with Crippen molar-refractivity contribution in [2.45, 2.75) is 13.5 Å².